The normalized spacial score (nSPS) is 11.7. The molecule has 1 aromatic heterocycles. The van der Waals surface area contributed by atoms with Crippen molar-refractivity contribution in [3.05, 3.63) is 90.3 Å². The van der Waals surface area contributed by atoms with Crippen molar-refractivity contribution in [2.45, 2.75) is 26.4 Å². The summed E-state index contributed by atoms with van der Waals surface area (Å²) in [4.78, 5) is 4.67. The number of aryl methyl sites for hydroxylation is 1. The van der Waals surface area contributed by atoms with Crippen molar-refractivity contribution >= 4 is 18.8 Å². The van der Waals surface area contributed by atoms with Gasteiger partial charge in [0.1, 0.15) is 5.60 Å². The van der Waals surface area contributed by atoms with E-state index in [0.29, 0.717) is 0 Å². The molecule has 0 saturated heterocycles. The zero-order valence-electron chi connectivity index (χ0n) is 14.3. The Bertz CT molecular complexity index is 748. The molecule has 24 heavy (non-hydrogen) atoms. The van der Waals surface area contributed by atoms with Gasteiger partial charge in [-0.2, -0.15) is 0 Å². The molecule has 0 radical (unpaired) electrons. The smallest absolute Gasteiger partial charge is 0.109 e. The van der Waals surface area contributed by atoms with Gasteiger partial charge in [-0.3, -0.25) is 4.98 Å². The molecular weight excluding hydrogens is 313 g/mol. The number of benzene rings is 2. The van der Waals surface area contributed by atoms with Gasteiger partial charge >= 0.3 is 0 Å². The van der Waals surface area contributed by atoms with Gasteiger partial charge in [-0.05, 0) is 32.9 Å². The second-order valence-electron chi connectivity index (χ2n) is 6.23. The Kier molecular flexibility index (Phi) is 5.08. The van der Waals surface area contributed by atoms with Crippen LogP contribution in [0.1, 0.15) is 25.2 Å². The van der Waals surface area contributed by atoms with E-state index in [1.54, 1.807) is 0 Å². The molecule has 0 spiro atoms. The zero-order chi connectivity index (χ0) is 17.0. The Morgan fingerprint density at radius 1 is 0.750 bits per heavy atom. The van der Waals surface area contributed by atoms with Crippen molar-refractivity contribution in [3.63, 3.8) is 0 Å². The topological polar surface area (TPSA) is 22.1 Å². The minimum absolute atomic E-state index is 0.469. The molecule has 3 aromatic rings. The third-order valence-corrected chi connectivity index (χ3v) is 5.98. The van der Waals surface area contributed by atoms with Crippen LogP contribution in [0.3, 0.4) is 0 Å². The fourth-order valence-corrected chi connectivity index (χ4v) is 4.48. The molecule has 0 N–H and O–H groups in total. The number of nitrogens with zero attached hydrogens (tertiary/aromatic N) is 1. The lowest BCUT2D eigenvalue weighted by Crippen LogP contribution is -2.26. The van der Waals surface area contributed by atoms with Gasteiger partial charge in [0.15, 0.2) is 0 Å². The number of hydrogen-bond acceptors (Lipinski definition) is 2. The summed E-state index contributed by atoms with van der Waals surface area (Å²) in [6, 6.07) is 27.0. The van der Waals surface area contributed by atoms with Crippen LogP contribution in [0.2, 0.25) is 0 Å². The molecule has 3 heteroatoms. The summed E-state index contributed by atoms with van der Waals surface area (Å²) >= 11 is 0. The molecule has 2 aromatic carbocycles. The van der Waals surface area contributed by atoms with Gasteiger partial charge in [0, 0.05) is 16.3 Å². The average molecular weight is 335 g/mol. The molecule has 0 amide bonds. The molecule has 122 valence electrons. The van der Waals surface area contributed by atoms with Gasteiger partial charge in [0.05, 0.1) is 13.8 Å². The summed E-state index contributed by atoms with van der Waals surface area (Å²) in [5.74, 6) is 0. The predicted molar refractivity (Wildman–Crippen MR) is 102 cm³/mol. The van der Waals surface area contributed by atoms with E-state index in [9.17, 15) is 0 Å². The van der Waals surface area contributed by atoms with Crippen LogP contribution in [0.15, 0.2) is 78.9 Å². The van der Waals surface area contributed by atoms with Gasteiger partial charge in [-0.25, -0.2) is 0 Å². The third-order valence-electron chi connectivity index (χ3n) is 3.81. The molecule has 0 saturated carbocycles. The van der Waals surface area contributed by atoms with E-state index < -0.39 is 13.7 Å². The lowest BCUT2D eigenvalue weighted by Gasteiger charge is -2.31. The maximum atomic E-state index is 6.65. The van der Waals surface area contributed by atoms with Crippen LogP contribution in [0.25, 0.3) is 0 Å². The number of aromatic nitrogens is 1. The Morgan fingerprint density at radius 3 is 1.79 bits per heavy atom. The van der Waals surface area contributed by atoms with Crippen molar-refractivity contribution in [1.82, 2.24) is 4.98 Å². The van der Waals surface area contributed by atoms with E-state index >= 15 is 0 Å². The molecule has 0 fully saturated rings. The number of hydrogen-bond donors (Lipinski definition) is 0. The average Bonchev–Trinajstić information content (AvgIpc) is 2.61. The van der Waals surface area contributed by atoms with E-state index in [1.165, 1.54) is 10.6 Å². The fourth-order valence-electron chi connectivity index (χ4n) is 2.53. The maximum Gasteiger partial charge on any atom is 0.109 e. The maximum absolute atomic E-state index is 6.65. The van der Waals surface area contributed by atoms with E-state index in [4.69, 9.17) is 4.52 Å². The van der Waals surface area contributed by atoms with Crippen LogP contribution in [0.4, 0.5) is 0 Å². The first-order valence-electron chi connectivity index (χ1n) is 8.10. The Labute approximate surface area is 145 Å². The first-order chi connectivity index (χ1) is 11.6. The van der Waals surface area contributed by atoms with Gasteiger partial charge in [0.25, 0.3) is 0 Å². The first kappa shape index (κ1) is 16.8. The largest absolute Gasteiger partial charge is 0.338 e. The van der Waals surface area contributed by atoms with Crippen LogP contribution < -0.4 is 10.6 Å². The number of rotatable bonds is 5. The summed E-state index contributed by atoms with van der Waals surface area (Å²) in [7, 11) is -0.912. The Balaban J connectivity index is 1.98. The molecule has 0 aliphatic heterocycles. The quantitative estimate of drug-likeness (QED) is 0.631. The Hall–Kier alpha value is -2.02. The molecule has 0 aliphatic carbocycles. The molecule has 0 atom stereocenters. The lowest BCUT2D eigenvalue weighted by atomic mass is 10.0. The minimum atomic E-state index is -0.912. The van der Waals surface area contributed by atoms with Crippen molar-refractivity contribution in [3.8, 4) is 0 Å². The molecule has 0 aliphatic rings. The van der Waals surface area contributed by atoms with Crippen molar-refractivity contribution < 1.29 is 4.52 Å². The summed E-state index contributed by atoms with van der Waals surface area (Å²) in [5.41, 5.74) is 1.50. The standard InChI is InChI=1S/C21H22NOP/c1-17-11-10-16-20(22-17)21(2,3)23-24(18-12-6-4-7-13-18)19-14-8-5-9-15-19/h4-16H,1-3H3. The molecule has 2 nitrogen and oxygen atoms in total. The predicted octanol–water partition coefficient (Wildman–Crippen LogP) is 4.69. The summed E-state index contributed by atoms with van der Waals surface area (Å²) in [5, 5.41) is 2.42. The SMILES string of the molecule is Cc1cccc(C(C)(C)OP(c2ccccc2)c2ccccc2)n1. The fraction of sp³-hybridized carbons (Fsp3) is 0.190. The molecule has 0 unspecified atom stereocenters. The highest BCUT2D eigenvalue weighted by molar-refractivity contribution is 7.68. The van der Waals surface area contributed by atoms with Crippen LogP contribution in [0.5, 0.6) is 0 Å². The van der Waals surface area contributed by atoms with Crippen LogP contribution >= 0.6 is 8.15 Å². The van der Waals surface area contributed by atoms with Gasteiger partial charge in [-0.15, -0.1) is 0 Å². The highest BCUT2D eigenvalue weighted by Crippen LogP contribution is 2.43. The van der Waals surface area contributed by atoms with Crippen molar-refractivity contribution in [2.24, 2.45) is 0 Å². The zero-order valence-corrected chi connectivity index (χ0v) is 15.2. The first-order valence-corrected chi connectivity index (χ1v) is 9.36. The van der Waals surface area contributed by atoms with Crippen LogP contribution in [-0.4, -0.2) is 4.98 Å². The Morgan fingerprint density at radius 2 is 1.29 bits per heavy atom. The minimum Gasteiger partial charge on any atom is -0.338 e. The third kappa shape index (κ3) is 3.90. The second-order valence-corrected chi connectivity index (χ2v) is 8.04. The monoisotopic (exact) mass is 335 g/mol. The number of pyridine rings is 1. The van der Waals surface area contributed by atoms with E-state index in [2.05, 4.69) is 67.4 Å². The van der Waals surface area contributed by atoms with Gasteiger partial charge in [0.2, 0.25) is 0 Å². The van der Waals surface area contributed by atoms with E-state index in [-0.39, 0.29) is 0 Å². The molecular formula is C21H22NOP. The summed E-state index contributed by atoms with van der Waals surface area (Å²) < 4.78 is 6.65. The summed E-state index contributed by atoms with van der Waals surface area (Å²) in [6.07, 6.45) is 0. The molecule has 1 heterocycles. The van der Waals surface area contributed by atoms with Gasteiger partial charge in [-0.1, -0.05) is 66.7 Å². The van der Waals surface area contributed by atoms with Gasteiger partial charge < -0.3 is 4.52 Å². The van der Waals surface area contributed by atoms with E-state index in [0.717, 1.165) is 11.4 Å². The van der Waals surface area contributed by atoms with Crippen molar-refractivity contribution in [1.29, 1.82) is 0 Å². The highest BCUT2D eigenvalue weighted by atomic mass is 31.1. The summed E-state index contributed by atoms with van der Waals surface area (Å²) in [6.45, 7) is 6.20. The van der Waals surface area contributed by atoms with E-state index in [1.807, 2.05) is 37.3 Å². The van der Waals surface area contributed by atoms with Crippen molar-refractivity contribution in [2.75, 3.05) is 0 Å². The van der Waals surface area contributed by atoms with Crippen LogP contribution in [-0.2, 0) is 10.1 Å². The van der Waals surface area contributed by atoms with Crippen LogP contribution in [0, 0.1) is 6.92 Å². The highest BCUT2D eigenvalue weighted by Gasteiger charge is 2.29. The second kappa shape index (κ2) is 7.25. The lowest BCUT2D eigenvalue weighted by molar-refractivity contribution is 0.126. The molecule has 3 rings (SSSR count). The molecule has 0 bridgehead atoms.